The summed E-state index contributed by atoms with van der Waals surface area (Å²) in [5.41, 5.74) is 4.60. The number of hydrogen-bond donors (Lipinski definition) is 2. The number of halogens is 3. The second kappa shape index (κ2) is 8.89. The molecule has 2 heterocycles. The molecule has 0 aliphatic heterocycles. The maximum Gasteiger partial charge on any atom is 0.416 e. The molecule has 3 rings (SSSR count). The topological polar surface area (TPSA) is 71.6 Å². The second-order valence-electron chi connectivity index (χ2n) is 6.72. The molecule has 0 aliphatic carbocycles. The molecule has 0 saturated heterocycles. The third-order valence-corrected chi connectivity index (χ3v) is 4.54. The Balaban J connectivity index is 1.55. The first-order valence-corrected chi connectivity index (χ1v) is 9.16. The van der Waals surface area contributed by atoms with Crippen molar-refractivity contribution in [3.05, 3.63) is 77.0 Å². The van der Waals surface area contributed by atoms with Gasteiger partial charge in [0.25, 0.3) is 5.91 Å². The number of rotatable bonds is 7. The van der Waals surface area contributed by atoms with Crippen LogP contribution < -0.4 is 10.7 Å². The van der Waals surface area contributed by atoms with Crippen molar-refractivity contribution in [2.75, 3.05) is 11.9 Å². The summed E-state index contributed by atoms with van der Waals surface area (Å²) in [7, 11) is 0. The smallest absolute Gasteiger partial charge is 0.416 e. The Morgan fingerprint density at radius 2 is 2.00 bits per heavy atom. The van der Waals surface area contributed by atoms with E-state index in [1.807, 2.05) is 32.0 Å². The normalized spacial score (nSPS) is 11.8. The number of furan rings is 1. The summed E-state index contributed by atoms with van der Waals surface area (Å²) in [6.45, 7) is 4.28. The SMILES string of the molecule is Cc1cc(/C=N\NC(=O)CNc2cccc(C(F)(F)F)c2)c(C)n1Cc1ccco1. The molecular weight excluding hydrogens is 397 g/mol. The molecule has 0 spiro atoms. The molecule has 30 heavy (non-hydrogen) atoms. The minimum absolute atomic E-state index is 0.199. The van der Waals surface area contributed by atoms with E-state index in [4.69, 9.17) is 4.42 Å². The molecule has 158 valence electrons. The summed E-state index contributed by atoms with van der Waals surface area (Å²) in [5.74, 6) is 0.349. The predicted octanol–water partition coefficient (Wildman–Crippen LogP) is 4.33. The number of carbonyl (C=O) groups is 1. The number of anilines is 1. The molecule has 3 aromatic rings. The summed E-state index contributed by atoms with van der Waals surface area (Å²) in [6.07, 6.45) is -1.29. The fraction of sp³-hybridized carbons (Fsp3) is 0.238. The van der Waals surface area contributed by atoms with Crippen LogP contribution in [0.5, 0.6) is 0 Å². The quantitative estimate of drug-likeness (QED) is 0.443. The van der Waals surface area contributed by atoms with Gasteiger partial charge in [0.1, 0.15) is 5.76 Å². The van der Waals surface area contributed by atoms with Gasteiger partial charge in [-0.25, -0.2) is 5.43 Å². The van der Waals surface area contributed by atoms with Crippen molar-refractivity contribution in [2.45, 2.75) is 26.6 Å². The van der Waals surface area contributed by atoms with Crippen LogP contribution in [0.1, 0.15) is 28.3 Å². The van der Waals surface area contributed by atoms with Crippen molar-refractivity contribution in [1.82, 2.24) is 9.99 Å². The molecule has 0 atom stereocenters. The van der Waals surface area contributed by atoms with Gasteiger partial charge in [-0.1, -0.05) is 6.07 Å². The van der Waals surface area contributed by atoms with Crippen LogP contribution in [0.25, 0.3) is 0 Å². The van der Waals surface area contributed by atoms with E-state index in [-0.39, 0.29) is 12.2 Å². The second-order valence-corrected chi connectivity index (χ2v) is 6.72. The van der Waals surface area contributed by atoms with E-state index < -0.39 is 17.6 Å². The molecule has 0 radical (unpaired) electrons. The van der Waals surface area contributed by atoms with Gasteiger partial charge in [-0.3, -0.25) is 4.79 Å². The van der Waals surface area contributed by atoms with Crippen LogP contribution >= 0.6 is 0 Å². The Kier molecular flexibility index (Phi) is 6.29. The van der Waals surface area contributed by atoms with Crippen LogP contribution in [-0.2, 0) is 17.5 Å². The first-order valence-electron chi connectivity index (χ1n) is 9.16. The zero-order valence-electron chi connectivity index (χ0n) is 16.5. The summed E-state index contributed by atoms with van der Waals surface area (Å²) >= 11 is 0. The number of aryl methyl sites for hydroxylation is 1. The minimum Gasteiger partial charge on any atom is -0.467 e. The van der Waals surface area contributed by atoms with E-state index >= 15 is 0 Å². The monoisotopic (exact) mass is 418 g/mol. The summed E-state index contributed by atoms with van der Waals surface area (Å²) in [4.78, 5) is 11.9. The molecule has 0 aliphatic rings. The maximum atomic E-state index is 12.7. The molecule has 0 saturated carbocycles. The largest absolute Gasteiger partial charge is 0.467 e. The average molecular weight is 418 g/mol. The van der Waals surface area contributed by atoms with Gasteiger partial charge in [-0.05, 0) is 50.2 Å². The van der Waals surface area contributed by atoms with Crippen molar-refractivity contribution in [1.29, 1.82) is 0 Å². The van der Waals surface area contributed by atoms with Gasteiger partial charge in [0, 0.05) is 22.6 Å². The number of aromatic nitrogens is 1. The van der Waals surface area contributed by atoms with E-state index in [9.17, 15) is 18.0 Å². The lowest BCUT2D eigenvalue weighted by atomic mass is 10.2. The number of hydrazone groups is 1. The first-order chi connectivity index (χ1) is 14.2. The Hall–Kier alpha value is -3.49. The number of hydrogen-bond acceptors (Lipinski definition) is 4. The fourth-order valence-corrected chi connectivity index (χ4v) is 2.96. The van der Waals surface area contributed by atoms with Gasteiger partial charge in [0.2, 0.25) is 0 Å². The molecule has 6 nitrogen and oxygen atoms in total. The zero-order valence-corrected chi connectivity index (χ0v) is 16.5. The molecule has 9 heteroatoms. The van der Waals surface area contributed by atoms with Crippen LogP contribution in [0.15, 0.2) is 58.2 Å². The van der Waals surface area contributed by atoms with E-state index in [2.05, 4.69) is 20.4 Å². The van der Waals surface area contributed by atoms with E-state index in [0.717, 1.165) is 34.8 Å². The van der Waals surface area contributed by atoms with Crippen LogP contribution in [0.3, 0.4) is 0 Å². The standard InChI is InChI=1S/C21H21F3N4O2/c1-14-9-16(15(2)28(14)13-19-7-4-8-30-19)11-26-27-20(29)12-25-18-6-3-5-17(10-18)21(22,23)24/h3-11,25H,12-13H2,1-2H3,(H,27,29)/b26-11-. The molecule has 1 amide bonds. The summed E-state index contributed by atoms with van der Waals surface area (Å²) in [6, 6.07) is 10.3. The fourth-order valence-electron chi connectivity index (χ4n) is 2.96. The van der Waals surface area contributed by atoms with E-state index in [0.29, 0.717) is 6.54 Å². The number of benzene rings is 1. The highest BCUT2D eigenvalue weighted by molar-refractivity contribution is 5.85. The molecule has 1 aromatic carbocycles. The Bertz CT molecular complexity index is 1040. The Morgan fingerprint density at radius 3 is 2.70 bits per heavy atom. The number of amides is 1. The van der Waals surface area contributed by atoms with Crippen LogP contribution in [0, 0.1) is 13.8 Å². The van der Waals surface area contributed by atoms with Crippen molar-refractivity contribution in [3.63, 3.8) is 0 Å². The van der Waals surface area contributed by atoms with Gasteiger partial charge in [-0.15, -0.1) is 0 Å². The third kappa shape index (κ3) is 5.31. The molecule has 0 bridgehead atoms. The van der Waals surface area contributed by atoms with E-state index in [1.54, 1.807) is 6.26 Å². The molecule has 2 aromatic heterocycles. The van der Waals surface area contributed by atoms with Crippen molar-refractivity contribution in [2.24, 2.45) is 5.10 Å². The molecule has 0 unspecified atom stereocenters. The highest BCUT2D eigenvalue weighted by Gasteiger charge is 2.30. The lowest BCUT2D eigenvalue weighted by Gasteiger charge is -2.10. The van der Waals surface area contributed by atoms with Crippen LogP contribution in [-0.4, -0.2) is 23.2 Å². The number of nitrogens with one attached hydrogen (secondary N) is 2. The number of alkyl halides is 3. The van der Waals surface area contributed by atoms with Crippen molar-refractivity contribution >= 4 is 17.8 Å². The Morgan fingerprint density at radius 1 is 1.20 bits per heavy atom. The number of nitrogens with zero attached hydrogens (tertiary/aromatic N) is 2. The predicted molar refractivity (Wildman–Crippen MR) is 107 cm³/mol. The highest BCUT2D eigenvalue weighted by atomic mass is 19.4. The lowest BCUT2D eigenvalue weighted by Crippen LogP contribution is -2.26. The average Bonchev–Trinajstić information content (AvgIpc) is 3.30. The Labute approximate surface area is 171 Å². The number of carbonyl (C=O) groups excluding carboxylic acids is 1. The van der Waals surface area contributed by atoms with Crippen LogP contribution in [0.2, 0.25) is 0 Å². The van der Waals surface area contributed by atoms with Gasteiger partial charge < -0.3 is 14.3 Å². The maximum absolute atomic E-state index is 12.7. The highest BCUT2D eigenvalue weighted by Crippen LogP contribution is 2.30. The molecule has 0 fully saturated rings. The summed E-state index contributed by atoms with van der Waals surface area (Å²) in [5, 5.41) is 6.60. The minimum atomic E-state index is -4.44. The van der Waals surface area contributed by atoms with Gasteiger partial charge in [0.05, 0.1) is 31.1 Å². The molecule has 2 N–H and O–H groups in total. The van der Waals surface area contributed by atoms with Gasteiger partial charge in [0.15, 0.2) is 0 Å². The first kappa shape index (κ1) is 21.2. The molecular formula is C21H21F3N4O2. The zero-order chi connectivity index (χ0) is 21.7. The van der Waals surface area contributed by atoms with Crippen molar-refractivity contribution in [3.8, 4) is 0 Å². The van der Waals surface area contributed by atoms with Crippen molar-refractivity contribution < 1.29 is 22.4 Å². The van der Waals surface area contributed by atoms with Gasteiger partial charge >= 0.3 is 6.18 Å². The third-order valence-electron chi connectivity index (χ3n) is 4.54. The lowest BCUT2D eigenvalue weighted by molar-refractivity contribution is -0.137. The van der Waals surface area contributed by atoms with Crippen LogP contribution in [0.4, 0.5) is 18.9 Å². The van der Waals surface area contributed by atoms with Gasteiger partial charge in [-0.2, -0.15) is 18.3 Å². The summed E-state index contributed by atoms with van der Waals surface area (Å²) < 4.78 is 45.6. The van der Waals surface area contributed by atoms with E-state index in [1.165, 1.54) is 18.3 Å².